The fraction of sp³-hybridized carbons (Fsp3) is 0.462. The topological polar surface area (TPSA) is 12.4 Å². The monoisotopic (exact) mass is 205 g/mol. The van der Waals surface area contributed by atoms with E-state index in [1.165, 1.54) is 0 Å². The first-order valence-corrected chi connectivity index (χ1v) is 5.38. The maximum atomic E-state index is 13.7. The molecule has 1 heterocycles. The van der Waals surface area contributed by atoms with Crippen LogP contribution in [0.15, 0.2) is 35.3 Å². The van der Waals surface area contributed by atoms with Crippen LogP contribution < -0.4 is 0 Å². The van der Waals surface area contributed by atoms with Gasteiger partial charge in [-0.05, 0) is 32.3 Å². The summed E-state index contributed by atoms with van der Waals surface area (Å²) in [5.74, 6) is 0. The summed E-state index contributed by atoms with van der Waals surface area (Å²) in [6, 6.07) is 9.86. The van der Waals surface area contributed by atoms with E-state index in [-0.39, 0.29) is 6.04 Å². The Balaban J connectivity index is 2.21. The highest BCUT2D eigenvalue weighted by Gasteiger charge is 2.32. The van der Waals surface area contributed by atoms with Crippen molar-refractivity contribution in [1.29, 1.82) is 0 Å². The largest absolute Gasteiger partial charge is 0.282 e. The zero-order valence-electron chi connectivity index (χ0n) is 9.20. The molecule has 2 heteroatoms. The third-order valence-electron chi connectivity index (χ3n) is 2.87. The lowest BCUT2D eigenvalue weighted by atomic mass is 9.98. The molecule has 15 heavy (non-hydrogen) atoms. The van der Waals surface area contributed by atoms with Gasteiger partial charge in [-0.2, -0.15) is 0 Å². The number of rotatable bonds is 2. The summed E-state index contributed by atoms with van der Waals surface area (Å²) >= 11 is 0. The maximum Gasteiger partial charge on any atom is 0.127 e. The van der Waals surface area contributed by atoms with Crippen LogP contribution in [0.25, 0.3) is 0 Å². The molecule has 0 aromatic heterocycles. The van der Waals surface area contributed by atoms with Gasteiger partial charge in [0.25, 0.3) is 0 Å². The van der Waals surface area contributed by atoms with Crippen LogP contribution in [-0.2, 0) is 0 Å². The third kappa shape index (κ3) is 2.25. The SMILES string of the molecule is CC(C)(F)C1CCC(c2ccccc2)=N1. The van der Waals surface area contributed by atoms with Crippen molar-refractivity contribution in [1.82, 2.24) is 0 Å². The van der Waals surface area contributed by atoms with Crippen LogP contribution in [0.2, 0.25) is 0 Å². The Morgan fingerprint density at radius 3 is 2.47 bits per heavy atom. The molecule has 0 N–H and O–H groups in total. The molecule has 0 fully saturated rings. The van der Waals surface area contributed by atoms with Gasteiger partial charge >= 0.3 is 0 Å². The average Bonchev–Trinajstić information content (AvgIpc) is 2.67. The molecule has 0 saturated heterocycles. The second kappa shape index (κ2) is 3.76. The zero-order valence-corrected chi connectivity index (χ0v) is 9.20. The summed E-state index contributed by atoms with van der Waals surface area (Å²) < 4.78 is 13.7. The molecule has 0 amide bonds. The lowest BCUT2D eigenvalue weighted by Gasteiger charge is -2.19. The fourth-order valence-corrected chi connectivity index (χ4v) is 1.94. The maximum absolute atomic E-state index is 13.7. The number of hydrogen-bond acceptors (Lipinski definition) is 1. The van der Waals surface area contributed by atoms with Gasteiger partial charge in [-0.3, -0.25) is 4.99 Å². The highest BCUT2D eigenvalue weighted by molar-refractivity contribution is 6.01. The van der Waals surface area contributed by atoms with E-state index in [9.17, 15) is 4.39 Å². The van der Waals surface area contributed by atoms with Crippen molar-refractivity contribution >= 4 is 5.71 Å². The van der Waals surface area contributed by atoms with E-state index < -0.39 is 5.67 Å². The third-order valence-corrected chi connectivity index (χ3v) is 2.87. The summed E-state index contributed by atoms with van der Waals surface area (Å²) in [6.45, 7) is 3.21. The molecule has 1 atom stereocenters. The lowest BCUT2D eigenvalue weighted by molar-refractivity contribution is 0.174. The molecule has 1 aliphatic rings. The van der Waals surface area contributed by atoms with Crippen LogP contribution in [-0.4, -0.2) is 17.4 Å². The first-order chi connectivity index (χ1) is 7.07. The number of aliphatic imine (C=N–C) groups is 1. The standard InChI is InChI=1S/C13H16FN/c1-13(2,14)12-9-8-11(15-12)10-6-4-3-5-7-10/h3-7,12H,8-9H2,1-2H3. The number of nitrogens with zero attached hydrogens (tertiary/aromatic N) is 1. The zero-order chi connectivity index (χ0) is 10.9. The number of halogens is 1. The van der Waals surface area contributed by atoms with Crippen LogP contribution in [0.4, 0.5) is 4.39 Å². The summed E-state index contributed by atoms with van der Waals surface area (Å²) in [4.78, 5) is 4.47. The van der Waals surface area contributed by atoms with Gasteiger partial charge in [0.15, 0.2) is 0 Å². The second-order valence-electron chi connectivity index (χ2n) is 4.56. The molecule has 2 rings (SSSR count). The normalized spacial score (nSPS) is 21.5. The predicted molar refractivity (Wildman–Crippen MR) is 61.2 cm³/mol. The molecule has 1 unspecified atom stereocenters. The number of hydrogen-bond donors (Lipinski definition) is 0. The summed E-state index contributed by atoms with van der Waals surface area (Å²) in [6.07, 6.45) is 1.72. The molecule has 1 aromatic rings. The second-order valence-corrected chi connectivity index (χ2v) is 4.56. The molecule has 80 valence electrons. The van der Waals surface area contributed by atoms with Gasteiger partial charge in [0.2, 0.25) is 0 Å². The molecule has 1 aromatic carbocycles. The van der Waals surface area contributed by atoms with Gasteiger partial charge < -0.3 is 0 Å². The van der Waals surface area contributed by atoms with Crippen molar-refractivity contribution in [2.75, 3.05) is 0 Å². The van der Waals surface area contributed by atoms with Crippen molar-refractivity contribution in [2.24, 2.45) is 4.99 Å². The number of benzene rings is 1. The minimum atomic E-state index is -1.20. The van der Waals surface area contributed by atoms with E-state index in [0.29, 0.717) is 0 Å². The minimum absolute atomic E-state index is 0.173. The van der Waals surface area contributed by atoms with E-state index in [2.05, 4.69) is 4.99 Å². The van der Waals surface area contributed by atoms with Crippen LogP contribution in [0.1, 0.15) is 32.3 Å². The smallest absolute Gasteiger partial charge is 0.127 e. The van der Waals surface area contributed by atoms with Crippen LogP contribution in [0, 0.1) is 0 Å². The Morgan fingerprint density at radius 2 is 1.93 bits per heavy atom. The summed E-state index contributed by atoms with van der Waals surface area (Å²) in [5.41, 5.74) is 0.979. The van der Waals surface area contributed by atoms with Gasteiger partial charge in [-0.1, -0.05) is 30.3 Å². The predicted octanol–water partition coefficient (Wildman–Crippen LogP) is 3.39. The van der Waals surface area contributed by atoms with Crippen LogP contribution in [0.5, 0.6) is 0 Å². The van der Waals surface area contributed by atoms with Gasteiger partial charge in [-0.15, -0.1) is 0 Å². The highest BCUT2D eigenvalue weighted by Crippen LogP contribution is 2.28. The van der Waals surface area contributed by atoms with E-state index in [4.69, 9.17) is 0 Å². The molecule has 0 spiro atoms. The first kappa shape index (κ1) is 10.3. The minimum Gasteiger partial charge on any atom is -0.282 e. The van der Waals surface area contributed by atoms with Gasteiger partial charge in [0.1, 0.15) is 5.67 Å². The molecule has 0 bridgehead atoms. The fourth-order valence-electron chi connectivity index (χ4n) is 1.94. The molecular formula is C13H16FN. The Hall–Kier alpha value is -1.18. The Bertz CT molecular complexity index is 362. The first-order valence-electron chi connectivity index (χ1n) is 5.38. The molecule has 1 nitrogen and oxygen atoms in total. The Kier molecular flexibility index (Phi) is 2.59. The number of alkyl halides is 1. The molecular weight excluding hydrogens is 189 g/mol. The van der Waals surface area contributed by atoms with Crippen molar-refractivity contribution in [3.63, 3.8) is 0 Å². The highest BCUT2D eigenvalue weighted by atomic mass is 19.1. The lowest BCUT2D eigenvalue weighted by Crippen LogP contribution is -2.27. The quantitative estimate of drug-likeness (QED) is 0.701. The van der Waals surface area contributed by atoms with Gasteiger partial charge in [0, 0.05) is 5.71 Å². The van der Waals surface area contributed by atoms with E-state index in [1.807, 2.05) is 30.3 Å². The van der Waals surface area contributed by atoms with Crippen LogP contribution >= 0.6 is 0 Å². The molecule has 1 aliphatic heterocycles. The van der Waals surface area contributed by atoms with Crippen LogP contribution in [0.3, 0.4) is 0 Å². The van der Waals surface area contributed by atoms with E-state index in [0.717, 1.165) is 24.1 Å². The molecule has 0 saturated carbocycles. The van der Waals surface area contributed by atoms with Crippen molar-refractivity contribution in [3.8, 4) is 0 Å². The molecule has 0 aliphatic carbocycles. The van der Waals surface area contributed by atoms with Gasteiger partial charge in [-0.25, -0.2) is 4.39 Å². The summed E-state index contributed by atoms with van der Waals surface area (Å²) in [7, 11) is 0. The van der Waals surface area contributed by atoms with E-state index >= 15 is 0 Å². The summed E-state index contributed by atoms with van der Waals surface area (Å²) in [5, 5.41) is 0. The van der Waals surface area contributed by atoms with Gasteiger partial charge in [0.05, 0.1) is 6.04 Å². The Morgan fingerprint density at radius 1 is 1.27 bits per heavy atom. The molecule has 0 radical (unpaired) electrons. The average molecular weight is 205 g/mol. The Labute approximate surface area is 90.0 Å². The van der Waals surface area contributed by atoms with Crippen molar-refractivity contribution in [2.45, 2.75) is 38.4 Å². The van der Waals surface area contributed by atoms with E-state index in [1.54, 1.807) is 13.8 Å². The van der Waals surface area contributed by atoms with Crippen molar-refractivity contribution < 1.29 is 4.39 Å². The van der Waals surface area contributed by atoms with Crippen molar-refractivity contribution in [3.05, 3.63) is 35.9 Å².